The lowest BCUT2D eigenvalue weighted by atomic mass is 10.1. The summed E-state index contributed by atoms with van der Waals surface area (Å²) in [6.07, 6.45) is 0.480. The van der Waals surface area contributed by atoms with Gasteiger partial charge in [0.2, 0.25) is 5.91 Å². The molecule has 0 fully saturated rings. The van der Waals surface area contributed by atoms with Crippen LogP contribution in [0.2, 0.25) is 0 Å². The Morgan fingerprint density at radius 1 is 0.889 bits per heavy atom. The third-order valence-electron chi connectivity index (χ3n) is 3.70. The van der Waals surface area contributed by atoms with Crippen molar-refractivity contribution >= 4 is 23.2 Å². The third kappa shape index (κ3) is 7.13. The molecule has 0 aromatic heterocycles. The van der Waals surface area contributed by atoms with Crippen LogP contribution in [0.25, 0.3) is 0 Å². The van der Waals surface area contributed by atoms with Gasteiger partial charge in [0.05, 0.1) is 6.61 Å². The van der Waals surface area contributed by atoms with Crippen molar-refractivity contribution in [2.75, 3.05) is 17.2 Å². The van der Waals surface area contributed by atoms with Gasteiger partial charge in [-0.05, 0) is 54.3 Å². The lowest BCUT2D eigenvalue weighted by Crippen LogP contribution is -2.14. The fraction of sp³-hybridized carbons (Fsp3) is 0.364. The Labute approximate surface area is 161 Å². The molecule has 2 N–H and O–H groups in total. The zero-order valence-corrected chi connectivity index (χ0v) is 16.4. The van der Waals surface area contributed by atoms with Crippen LogP contribution < -0.4 is 15.4 Å². The van der Waals surface area contributed by atoms with Crippen molar-refractivity contribution in [1.29, 1.82) is 0 Å². The molecular weight excluding hydrogens is 340 g/mol. The number of anilines is 2. The first-order chi connectivity index (χ1) is 12.8. The highest BCUT2D eigenvalue weighted by atomic mass is 16.5. The van der Waals surface area contributed by atoms with E-state index in [1.54, 1.807) is 42.5 Å². The average Bonchev–Trinajstić information content (AvgIpc) is 2.61. The Morgan fingerprint density at radius 2 is 1.52 bits per heavy atom. The van der Waals surface area contributed by atoms with Gasteiger partial charge in [-0.2, -0.15) is 0 Å². The van der Waals surface area contributed by atoms with E-state index >= 15 is 0 Å². The van der Waals surface area contributed by atoms with Crippen molar-refractivity contribution in [3.05, 3.63) is 54.1 Å². The van der Waals surface area contributed by atoms with Crippen molar-refractivity contribution in [2.45, 2.75) is 34.1 Å². The molecule has 0 aliphatic heterocycles. The van der Waals surface area contributed by atoms with Crippen LogP contribution in [-0.4, -0.2) is 18.4 Å². The van der Waals surface area contributed by atoms with Crippen molar-refractivity contribution in [2.24, 2.45) is 11.8 Å². The highest BCUT2D eigenvalue weighted by Gasteiger charge is 2.09. The van der Waals surface area contributed by atoms with E-state index in [4.69, 9.17) is 4.74 Å². The standard InChI is InChI=1S/C22H28N2O3/c1-15(2)12-21(25)23-18-8-10-19(11-9-18)24-22(26)17-6-5-7-20(13-17)27-14-16(3)4/h5-11,13,15-16H,12,14H2,1-4H3,(H,23,25)(H,24,26). The average molecular weight is 368 g/mol. The molecule has 0 bridgehead atoms. The van der Waals surface area contributed by atoms with E-state index < -0.39 is 0 Å². The van der Waals surface area contributed by atoms with E-state index in [-0.39, 0.29) is 11.8 Å². The Hall–Kier alpha value is -2.82. The van der Waals surface area contributed by atoms with E-state index in [0.717, 1.165) is 0 Å². The van der Waals surface area contributed by atoms with Gasteiger partial charge in [-0.1, -0.05) is 33.8 Å². The van der Waals surface area contributed by atoms with Crippen molar-refractivity contribution < 1.29 is 14.3 Å². The summed E-state index contributed by atoms with van der Waals surface area (Å²) in [4.78, 5) is 24.3. The first-order valence-corrected chi connectivity index (χ1v) is 9.27. The molecule has 0 saturated carbocycles. The molecule has 5 nitrogen and oxygen atoms in total. The number of carbonyl (C=O) groups excluding carboxylic acids is 2. The summed E-state index contributed by atoms with van der Waals surface area (Å²) in [7, 11) is 0. The van der Waals surface area contributed by atoms with Crippen molar-refractivity contribution in [3.8, 4) is 5.75 Å². The lowest BCUT2D eigenvalue weighted by molar-refractivity contribution is -0.116. The molecule has 2 aromatic carbocycles. The van der Waals surface area contributed by atoms with Gasteiger partial charge in [-0.3, -0.25) is 9.59 Å². The summed E-state index contributed by atoms with van der Waals surface area (Å²) in [5.41, 5.74) is 1.91. The van der Waals surface area contributed by atoms with Crippen LogP contribution in [0.5, 0.6) is 5.75 Å². The summed E-state index contributed by atoms with van der Waals surface area (Å²) in [5, 5.41) is 5.70. The van der Waals surface area contributed by atoms with E-state index in [1.165, 1.54) is 0 Å². The second kappa shape index (κ2) is 9.76. The summed E-state index contributed by atoms with van der Waals surface area (Å²) in [5.74, 6) is 1.19. The number of amides is 2. The number of rotatable bonds is 8. The number of ether oxygens (including phenoxy) is 1. The monoisotopic (exact) mass is 368 g/mol. The van der Waals surface area contributed by atoms with Crippen LogP contribution in [-0.2, 0) is 4.79 Å². The lowest BCUT2D eigenvalue weighted by Gasteiger charge is -2.11. The topological polar surface area (TPSA) is 67.4 Å². The first kappa shape index (κ1) is 20.5. The van der Waals surface area contributed by atoms with Gasteiger partial charge in [0, 0.05) is 23.4 Å². The Kier molecular flexibility index (Phi) is 7.41. The van der Waals surface area contributed by atoms with Gasteiger partial charge in [-0.15, -0.1) is 0 Å². The Bertz CT molecular complexity index is 767. The van der Waals surface area contributed by atoms with Gasteiger partial charge >= 0.3 is 0 Å². The predicted octanol–water partition coefficient (Wildman–Crippen LogP) is 4.96. The van der Waals surface area contributed by atoms with Crippen LogP contribution in [0, 0.1) is 11.8 Å². The molecule has 0 aliphatic rings. The van der Waals surface area contributed by atoms with Gasteiger partial charge < -0.3 is 15.4 Å². The highest BCUT2D eigenvalue weighted by molar-refractivity contribution is 6.04. The molecule has 0 atom stereocenters. The predicted molar refractivity (Wildman–Crippen MR) is 109 cm³/mol. The molecule has 27 heavy (non-hydrogen) atoms. The quantitative estimate of drug-likeness (QED) is 0.692. The maximum atomic E-state index is 12.5. The zero-order valence-electron chi connectivity index (χ0n) is 16.4. The van der Waals surface area contributed by atoms with Gasteiger partial charge in [-0.25, -0.2) is 0 Å². The minimum absolute atomic E-state index is 0.0139. The summed E-state index contributed by atoms with van der Waals surface area (Å²) in [6, 6.07) is 14.2. The molecule has 5 heteroatoms. The van der Waals surface area contributed by atoms with Gasteiger partial charge in [0.25, 0.3) is 5.91 Å². The molecule has 0 unspecified atom stereocenters. The molecule has 0 aliphatic carbocycles. The number of carbonyl (C=O) groups is 2. The summed E-state index contributed by atoms with van der Waals surface area (Å²) < 4.78 is 5.67. The minimum Gasteiger partial charge on any atom is -0.493 e. The van der Waals surface area contributed by atoms with Crippen LogP contribution in [0.3, 0.4) is 0 Å². The van der Waals surface area contributed by atoms with Crippen LogP contribution in [0.1, 0.15) is 44.5 Å². The maximum absolute atomic E-state index is 12.5. The summed E-state index contributed by atoms with van der Waals surface area (Å²) in [6.45, 7) is 8.76. The molecule has 0 saturated heterocycles. The Morgan fingerprint density at radius 3 is 2.11 bits per heavy atom. The van der Waals surface area contributed by atoms with Crippen LogP contribution in [0.4, 0.5) is 11.4 Å². The van der Waals surface area contributed by atoms with E-state index in [9.17, 15) is 9.59 Å². The van der Waals surface area contributed by atoms with Crippen molar-refractivity contribution in [1.82, 2.24) is 0 Å². The molecule has 2 amide bonds. The molecule has 0 heterocycles. The maximum Gasteiger partial charge on any atom is 0.255 e. The SMILES string of the molecule is CC(C)COc1cccc(C(=O)Nc2ccc(NC(=O)CC(C)C)cc2)c1. The normalized spacial score (nSPS) is 10.7. The third-order valence-corrected chi connectivity index (χ3v) is 3.70. The molecule has 144 valence electrons. The number of nitrogens with one attached hydrogen (secondary N) is 2. The summed E-state index contributed by atoms with van der Waals surface area (Å²) >= 11 is 0. The second-order valence-electron chi connectivity index (χ2n) is 7.41. The number of benzene rings is 2. The van der Waals surface area contributed by atoms with Crippen LogP contribution >= 0.6 is 0 Å². The number of hydrogen-bond donors (Lipinski definition) is 2. The molecule has 2 aromatic rings. The molecule has 2 rings (SSSR count). The highest BCUT2D eigenvalue weighted by Crippen LogP contribution is 2.18. The van der Waals surface area contributed by atoms with Crippen molar-refractivity contribution in [3.63, 3.8) is 0 Å². The largest absolute Gasteiger partial charge is 0.493 e. The van der Waals surface area contributed by atoms with E-state index in [0.29, 0.717) is 47.6 Å². The fourth-order valence-electron chi connectivity index (χ4n) is 2.41. The first-order valence-electron chi connectivity index (χ1n) is 9.27. The van der Waals surface area contributed by atoms with Gasteiger partial charge in [0.1, 0.15) is 5.75 Å². The fourth-order valence-corrected chi connectivity index (χ4v) is 2.41. The Balaban J connectivity index is 1.95. The molecular formula is C22H28N2O3. The van der Waals surface area contributed by atoms with E-state index in [1.807, 2.05) is 19.9 Å². The molecule has 0 spiro atoms. The van der Waals surface area contributed by atoms with Gasteiger partial charge in [0.15, 0.2) is 0 Å². The number of hydrogen-bond acceptors (Lipinski definition) is 3. The smallest absolute Gasteiger partial charge is 0.255 e. The zero-order chi connectivity index (χ0) is 19.8. The molecule has 0 radical (unpaired) electrons. The second-order valence-corrected chi connectivity index (χ2v) is 7.41. The van der Waals surface area contributed by atoms with Crippen LogP contribution in [0.15, 0.2) is 48.5 Å². The minimum atomic E-state index is -0.207. The van der Waals surface area contributed by atoms with E-state index in [2.05, 4.69) is 24.5 Å².